The third-order valence-corrected chi connectivity index (χ3v) is 2.96. The number of hydrogen-bond acceptors (Lipinski definition) is 4. The molecule has 1 aromatic carbocycles. The molecule has 0 saturated heterocycles. The van der Waals surface area contributed by atoms with Gasteiger partial charge in [0.25, 0.3) is 5.91 Å². The van der Waals surface area contributed by atoms with Crippen molar-refractivity contribution in [3.63, 3.8) is 0 Å². The summed E-state index contributed by atoms with van der Waals surface area (Å²) in [7, 11) is 0. The molecular formula is C15H22N2O3. The Hall–Kier alpha value is -2.04. The van der Waals surface area contributed by atoms with E-state index < -0.39 is 12.1 Å². The van der Waals surface area contributed by atoms with Gasteiger partial charge in [-0.05, 0) is 38.0 Å². The van der Waals surface area contributed by atoms with Gasteiger partial charge in [-0.15, -0.1) is 0 Å². The van der Waals surface area contributed by atoms with E-state index in [9.17, 15) is 9.59 Å². The summed E-state index contributed by atoms with van der Waals surface area (Å²) in [5.74, 6) is -0.818. The van der Waals surface area contributed by atoms with Gasteiger partial charge in [-0.3, -0.25) is 4.79 Å². The third-order valence-electron chi connectivity index (χ3n) is 2.96. The molecule has 3 N–H and O–H groups in total. The zero-order chi connectivity index (χ0) is 15.1. The average molecular weight is 278 g/mol. The van der Waals surface area contributed by atoms with Crippen LogP contribution in [0.1, 0.15) is 42.6 Å². The van der Waals surface area contributed by atoms with Crippen LogP contribution in [0.2, 0.25) is 0 Å². The molecule has 0 heterocycles. The highest BCUT2D eigenvalue weighted by molar-refractivity contribution is 5.94. The monoisotopic (exact) mass is 278 g/mol. The number of nitrogens with two attached hydrogens (primary N) is 1. The van der Waals surface area contributed by atoms with E-state index in [0.29, 0.717) is 17.8 Å². The van der Waals surface area contributed by atoms with Gasteiger partial charge in [-0.2, -0.15) is 0 Å². The van der Waals surface area contributed by atoms with Crippen LogP contribution in [-0.4, -0.2) is 24.5 Å². The normalized spacial score (nSPS) is 11.8. The second-order valence-electron chi connectivity index (χ2n) is 4.77. The lowest BCUT2D eigenvalue weighted by molar-refractivity contribution is -0.129. The maximum Gasteiger partial charge on any atom is 0.339 e. The Morgan fingerprint density at radius 1 is 1.40 bits per heavy atom. The fraction of sp³-hybridized carbons (Fsp3) is 0.467. The lowest BCUT2D eigenvalue weighted by Crippen LogP contribution is -2.36. The van der Waals surface area contributed by atoms with Crippen LogP contribution in [0.25, 0.3) is 0 Å². The van der Waals surface area contributed by atoms with Gasteiger partial charge in [0.05, 0.1) is 5.56 Å². The zero-order valence-electron chi connectivity index (χ0n) is 12.2. The number of carbonyl (C=O) groups is 2. The first-order valence-corrected chi connectivity index (χ1v) is 6.80. The quantitative estimate of drug-likeness (QED) is 0.474. The molecule has 1 unspecified atom stereocenters. The number of nitrogen functional groups attached to an aromatic ring is 1. The van der Waals surface area contributed by atoms with Gasteiger partial charge in [-0.1, -0.05) is 19.4 Å². The van der Waals surface area contributed by atoms with E-state index >= 15 is 0 Å². The standard InChI is InChI=1S/C15H22N2O3/c1-4-5-8-17-14(18)11(3)20-15(19)13-9-12(16)7-6-10(13)2/h6-7,9,11H,4-5,8,16H2,1-3H3,(H,17,18). The second-order valence-corrected chi connectivity index (χ2v) is 4.77. The van der Waals surface area contributed by atoms with Gasteiger partial charge in [-0.25, -0.2) is 4.79 Å². The van der Waals surface area contributed by atoms with E-state index in [2.05, 4.69) is 5.32 Å². The summed E-state index contributed by atoms with van der Waals surface area (Å²) in [6, 6.07) is 5.02. The van der Waals surface area contributed by atoms with Crippen LogP contribution >= 0.6 is 0 Å². The molecule has 0 bridgehead atoms. The molecule has 0 aliphatic heterocycles. The van der Waals surface area contributed by atoms with Gasteiger partial charge >= 0.3 is 5.97 Å². The highest BCUT2D eigenvalue weighted by Crippen LogP contribution is 2.14. The Bertz CT molecular complexity index is 486. The summed E-state index contributed by atoms with van der Waals surface area (Å²) in [6.45, 7) is 5.98. The van der Waals surface area contributed by atoms with Gasteiger partial charge in [0.2, 0.25) is 0 Å². The Labute approximate surface area is 119 Å². The molecule has 0 saturated carbocycles. The molecule has 110 valence electrons. The number of carbonyl (C=O) groups excluding carboxylic acids is 2. The molecular weight excluding hydrogens is 256 g/mol. The lowest BCUT2D eigenvalue weighted by Gasteiger charge is -2.14. The van der Waals surface area contributed by atoms with Crippen molar-refractivity contribution in [1.29, 1.82) is 0 Å². The highest BCUT2D eigenvalue weighted by Gasteiger charge is 2.19. The van der Waals surface area contributed by atoms with Crippen molar-refractivity contribution in [1.82, 2.24) is 5.32 Å². The van der Waals surface area contributed by atoms with Crippen molar-refractivity contribution in [2.75, 3.05) is 12.3 Å². The maximum absolute atomic E-state index is 12.0. The second kappa shape index (κ2) is 7.53. The highest BCUT2D eigenvalue weighted by atomic mass is 16.5. The minimum Gasteiger partial charge on any atom is -0.449 e. The van der Waals surface area contributed by atoms with E-state index in [-0.39, 0.29) is 5.91 Å². The molecule has 0 aliphatic carbocycles. The molecule has 0 aliphatic rings. The fourth-order valence-electron chi connectivity index (χ4n) is 1.67. The van der Waals surface area contributed by atoms with Crippen LogP contribution in [0.5, 0.6) is 0 Å². The third kappa shape index (κ3) is 4.57. The largest absolute Gasteiger partial charge is 0.449 e. The Kier molecular flexibility index (Phi) is 6.03. The summed E-state index contributed by atoms with van der Waals surface area (Å²) in [5.41, 5.74) is 7.29. The summed E-state index contributed by atoms with van der Waals surface area (Å²) >= 11 is 0. The average Bonchev–Trinajstić information content (AvgIpc) is 2.41. The van der Waals surface area contributed by atoms with Crippen molar-refractivity contribution in [3.8, 4) is 0 Å². The number of esters is 1. The van der Waals surface area contributed by atoms with E-state index in [0.717, 1.165) is 18.4 Å². The van der Waals surface area contributed by atoms with Crippen LogP contribution in [0.3, 0.4) is 0 Å². The van der Waals surface area contributed by atoms with Crippen LogP contribution in [0.4, 0.5) is 5.69 Å². The molecule has 1 rings (SSSR count). The van der Waals surface area contributed by atoms with Crippen molar-refractivity contribution < 1.29 is 14.3 Å². The number of nitrogens with one attached hydrogen (secondary N) is 1. The van der Waals surface area contributed by atoms with Crippen LogP contribution in [0, 0.1) is 6.92 Å². The number of ether oxygens (including phenoxy) is 1. The van der Waals surface area contributed by atoms with Crippen LogP contribution < -0.4 is 11.1 Å². The smallest absolute Gasteiger partial charge is 0.339 e. The molecule has 0 fully saturated rings. The number of benzene rings is 1. The van der Waals surface area contributed by atoms with Gasteiger partial charge in [0, 0.05) is 12.2 Å². The Morgan fingerprint density at radius 3 is 2.75 bits per heavy atom. The number of rotatable bonds is 6. The minimum atomic E-state index is -0.819. The molecule has 1 amide bonds. The topological polar surface area (TPSA) is 81.4 Å². The molecule has 1 aromatic rings. The summed E-state index contributed by atoms with van der Waals surface area (Å²) in [6.07, 6.45) is 1.08. The van der Waals surface area contributed by atoms with Gasteiger partial charge in [0.15, 0.2) is 6.10 Å². The Balaban J connectivity index is 2.61. The van der Waals surface area contributed by atoms with E-state index in [1.54, 1.807) is 32.0 Å². The minimum absolute atomic E-state index is 0.284. The summed E-state index contributed by atoms with van der Waals surface area (Å²) in [5, 5.41) is 2.73. The number of amides is 1. The van der Waals surface area contributed by atoms with Crippen molar-refractivity contribution in [3.05, 3.63) is 29.3 Å². The molecule has 0 spiro atoms. The van der Waals surface area contributed by atoms with Gasteiger partial charge in [0.1, 0.15) is 0 Å². The van der Waals surface area contributed by atoms with Crippen LogP contribution in [-0.2, 0) is 9.53 Å². The first kappa shape index (κ1) is 16.0. The summed E-state index contributed by atoms with van der Waals surface area (Å²) in [4.78, 5) is 23.7. The number of aryl methyl sites for hydroxylation is 1. The van der Waals surface area contributed by atoms with E-state index in [1.807, 2.05) is 6.92 Å². The molecule has 5 heteroatoms. The van der Waals surface area contributed by atoms with Crippen molar-refractivity contribution in [2.45, 2.75) is 39.7 Å². The SMILES string of the molecule is CCCCNC(=O)C(C)OC(=O)c1cc(N)ccc1C. The predicted molar refractivity (Wildman–Crippen MR) is 78.4 cm³/mol. The number of anilines is 1. The molecule has 0 aromatic heterocycles. The first-order chi connectivity index (χ1) is 9.45. The Morgan fingerprint density at radius 2 is 2.10 bits per heavy atom. The lowest BCUT2D eigenvalue weighted by atomic mass is 10.1. The molecule has 1 atom stereocenters. The predicted octanol–water partition coefficient (Wildman–Crippen LogP) is 2.04. The first-order valence-electron chi connectivity index (χ1n) is 6.80. The zero-order valence-corrected chi connectivity index (χ0v) is 12.2. The number of unbranched alkanes of at least 4 members (excludes halogenated alkanes) is 1. The molecule has 0 radical (unpaired) electrons. The number of hydrogen-bond donors (Lipinski definition) is 2. The van der Waals surface area contributed by atoms with Crippen molar-refractivity contribution >= 4 is 17.6 Å². The summed E-state index contributed by atoms with van der Waals surface area (Å²) < 4.78 is 5.16. The fourth-order valence-corrected chi connectivity index (χ4v) is 1.67. The van der Waals surface area contributed by atoms with Crippen LogP contribution in [0.15, 0.2) is 18.2 Å². The molecule has 20 heavy (non-hydrogen) atoms. The molecule has 5 nitrogen and oxygen atoms in total. The maximum atomic E-state index is 12.0. The van der Waals surface area contributed by atoms with Gasteiger partial charge < -0.3 is 15.8 Å². The van der Waals surface area contributed by atoms with Crippen molar-refractivity contribution in [2.24, 2.45) is 0 Å². The van der Waals surface area contributed by atoms with E-state index in [1.165, 1.54) is 0 Å². The van der Waals surface area contributed by atoms with E-state index in [4.69, 9.17) is 10.5 Å².